The molecule has 2 amide bonds. The molecule has 5 rings (SSSR count). The number of nitrogens with one attached hydrogen (secondary N) is 2. The fraction of sp³-hybridized carbons (Fsp3) is 0.333. The monoisotopic (exact) mass is 499 g/mol. The molecule has 7 nitrogen and oxygen atoms in total. The summed E-state index contributed by atoms with van der Waals surface area (Å²) in [5, 5.41) is 17.0. The molecule has 0 fully saturated rings. The molecule has 2 unspecified atom stereocenters. The van der Waals surface area contributed by atoms with Crippen LogP contribution < -0.4 is 15.4 Å². The van der Waals surface area contributed by atoms with Gasteiger partial charge >= 0.3 is 0 Å². The maximum absolute atomic E-state index is 13.2. The first-order valence-corrected chi connectivity index (χ1v) is 12.9. The number of aliphatic hydroxyl groups is 1. The molecule has 2 heterocycles. The van der Waals surface area contributed by atoms with E-state index in [0.29, 0.717) is 49.5 Å². The van der Waals surface area contributed by atoms with Crippen molar-refractivity contribution in [1.29, 1.82) is 0 Å². The summed E-state index contributed by atoms with van der Waals surface area (Å²) in [5.41, 5.74) is 5.41. The molecule has 0 radical (unpaired) electrons. The van der Waals surface area contributed by atoms with Crippen LogP contribution in [0.15, 0.2) is 66.7 Å². The molecule has 2 aliphatic heterocycles. The predicted octanol–water partition coefficient (Wildman–Crippen LogP) is 3.09. The van der Waals surface area contributed by atoms with Crippen LogP contribution >= 0.6 is 0 Å². The quantitative estimate of drug-likeness (QED) is 0.421. The third-order valence-electron chi connectivity index (χ3n) is 7.19. The Morgan fingerprint density at radius 3 is 2.65 bits per heavy atom. The van der Waals surface area contributed by atoms with Gasteiger partial charge in [0.1, 0.15) is 5.75 Å². The Labute approximate surface area is 217 Å². The average molecular weight is 500 g/mol. The minimum atomic E-state index is -0.739. The van der Waals surface area contributed by atoms with Crippen LogP contribution in [0.1, 0.15) is 49.9 Å². The molecule has 0 saturated heterocycles. The zero-order valence-corrected chi connectivity index (χ0v) is 21.1. The Morgan fingerprint density at radius 1 is 1.11 bits per heavy atom. The minimum Gasteiger partial charge on any atom is -0.493 e. The molecule has 0 spiro atoms. The van der Waals surface area contributed by atoms with E-state index >= 15 is 0 Å². The first-order valence-electron chi connectivity index (χ1n) is 12.9. The van der Waals surface area contributed by atoms with Crippen LogP contribution in [0.2, 0.25) is 0 Å². The van der Waals surface area contributed by atoms with Gasteiger partial charge in [-0.15, -0.1) is 0 Å². The largest absolute Gasteiger partial charge is 0.493 e. The smallest absolute Gasteiger partial charge is 0.255 e. The molecule has 3 N–H and O–H groups in total. The van der Waals surface area contributed by atoms with Crippen molar-refractivity contribution in [2.24, 2.45) is 0 Å². The number of amides is 2. The van der Waals surface area contributed by atoms with E-state index in [1.54, 1.807) is 12.1 Å². The average Bonchev–Trinajstić information content (AvgIpc) is 3.24. The molecule has 2 atom stereocenters. The number of hydrogen-bond acceptors (Lipinski definition) is 5. The highest BCUT2D eigenvalue weighted by atomic mass is 16.5. The molecule has 2 aliphatic rings. The highest BCUT2D eigenvalue weighted by molar-refractivity contribution is 6.03. The highest BCUT2D eigenvalue weighted by Gasteiger charge is 2.31. The topological polar surface area (TPSA) is 90.9 Å². The van der Waals surface area contributed by atoms with E-state index in [9.17, 15) is 14.7 Å². The molecule has 7 heteroatoms. The van der Waals surface area contributed by atoms with E-state index in [1.807, 2.05) is 42.2 Å². The van der Waals surface area contributed by atoms with Gasteiger partial charge in [0, 0.05) is 37.8 Å². The SMILES string of the molecule is CCOc1cc2c(cc1C(=O)NCC(O)C1Cc3ccccc3CN1)CN(CCc1ccccc1)C2=O. The van der Waals surface area contributed by atoms with Crippen molar-refractivity contribution >= 4 is 11.8 Å². The number of fused-ring (bicyclic) bond motifs is 2. The van der Waals surface area contributed by atoms with E-state index in [4.69, 9.17) is 4.74 Å². The van der Waals surface area contributed by atoms with Gasteiger partial charge in [0.25, 0.3) is 11.8 Å². The van der Waals surface area contributed by atoms with E-state index < -0.39 is 6.10 Å². The van der Waals surface area contributed by atoms with E-state index in [0.717, 1.165) is 12.0 Å². The fourth-order valence-electron chi connectivity index (χ4n) is 5.13. The summed E-state index contributed by atoms with van der Waals surface area (Å²) in [5.74, 6) is 0.0193. The normalized spacial score (nSPS) is 17.2. The van der Waals surface area contributed by atoms with Gasteiger partial charge < -0.3 is 25.4 Å². The van der Waals surface area contributed by atoms with Gasteiger partial charge in [-0.05, 0) is 54.2 Å². The summed E-state index contributed by atoms with van der Waals surface area (Å²) < 4.78 is 5.75. The number of nitrogens with zero attached hydrogens (tertiary/aromatic N) is 1. The fourth-order valence-corrected chi connectivity index (χ4v) is 5.13. The van der Waals surface area contributed by atoms with Crippen molar-refractivity contribution in [1.82, 2.24) is 15.5 Å². The third-order valence-corrected chi connectivity index (χ3v) is 7.19. The Hall–Kier alpha value is -3.68. The second-order valence-corrected chi connectivity index (χ2v) is 9.64. The number of carbonyl (C=O) groups excluding carboxylic acids is 2. The summed E-state index contributed by atoms with van der Waals surface area (Å²) in [7, 11) is 0. The second-order valence-electron chi connectivity index (χ2n) is 9.64. The number of carbonyl (C=O) groups is 2. The number of hydrogen-bond donors (Lipinski definition) is 3. The first-order chi connectivity index (χ1) is 18.0. The number of aliphatic hydroxyl groups excluding tert-OH is 1. The lowest BCUT2D eigenvalue weighted by atomic mass is 9.93. The van der Waals surface area contributed by atoms with Crippen LogP contribution in [0, 0.1) is 0 Å². The van der Waals surface area contributed by atoms with Gasteiger partial charge in [0.15, 0.2) is 0 Å². The van der Waals surface area contributed by atoms with Gasteiger partial charge in [-0.1, -0.05) is 54.6 Å². The Bertz CT molecular complexity index is 1280. The molecular weight excluding hydrogens is 466 g/mol. The van der Waals surface area contributed by atoms with Crippen molar-refractivity contribution in [3.8, 4) is 5.75 Å². The summed E-state index contributed by atoms with van der Waals surface area (Å²) in [4.78, 5) is 28.1. The number of rotatable bonds is 9. The van der Waals surface area contributed by atoms with Crippen molar-refractivity contribution in [2.45, 2.75) is 45.0 Å². The van der Waals surface area contributed by atoms with Gasteiger partial charge in [-0.2, -0.15) is 0 Å². The molecule has 3 aromatic carbocycles. The molecule has 192 valence electrons. The van der Waals surface area contributed by atoms with Crippen LogP contribution in [-0.2, 0) is 25.9 Å². The lowest BCUT2D eigenvalue weighted by Gasteiger charge is -2.30. The lowest BCUT2D eigenvalue weighted by Crippen LogP contribution is -2.49. The van der Waals surface area contributed by atoms with Gasteiger partial charge in [0.05, 0.1) is 18.3 Å². The summed E-state index contributed by atoms with van der Waals surface area (Å²) in [6.07, 6.45) is 0.735. The zero-order valence-electron chi connectivity index (χ0n) is 21.1. The summed E-state index contributed by atoms with van der Waals surface area (Å²) >= 11 is 0. The standard InChI is InChI=1S/C30H33N3O4/c1-2-37-28-16-24-23(19-33(30(24)36)13-12-20-8-4-3-5-9-20)14-25(28)29(35)32-18-27(34)26-15-21-10-6-7-11-22(21)17-31-26/h3-11,14,16,26-27,31,34H,2,12-13,15,17-19H2,1H3,(H,32,35). The third kappa shape index (κ3) is 5.53. The van der Waals surface area contributed by atoms with Gasteiger partial charge in [-0.25, -0.2) is 0 Å². The summed E-state index contributed by atoms with van der Waals surface area (Å²) in [6, 6.07) is 21.6. The van der Waals surface area contributed by atoms with Crippen molar-refractivity contribution < 1.29 is 19.4 Å². The van der Waals surface area contributed by atoms with Crippen LogP contribution in [0.3, 0.4) is 0 Å². The molecular formula is C30H33N3O4. The van der Waals surface area contributed by atoms with Crippen LogP contribution in [0.5, 0.6) is 5.75 Å². The van der Waals surface area contributed by atoms with Crippen molar-refractivity contribution in [3.63, 3.8) is 0 Å². The Balaban J connectivity index is 1.24. The van der Waals surface area contributed by atoms with Crippen LogP contribution in [0.4, 0.5) is 0 Å². The zero-order chi connectivity index (χ0) is 25.8. The minimum absolute atomic E-state index is 0.0436. The van der Waals surface area contributed by atoms with Gasteiger partial charge in [0.2, 0.25) is 0 Å². The highest BCUT2D eigenvalue weighted by Crippen LogP contribution is 2.31. The van der Waals surface area contributed by atoms with Crippen LogP contribution in [0.25, 0.3) is 0 Å². The molecule has 3 aromatic rings. The van der Waals surface area contributed by atoms with Crippen molar-refractivity contribution in [3.05, 3.63) is 100 Å². The van der Waals surface area contributed by atoms with Crippen LogP contribution in [-0.4, -0.2) is 53.7 Å². The molecule has 0 aromatic heterocycles. The maximum Gasteiger partial charge on any atom is 0.255 e. The molecule has 0 bridgehead atoms. The number of ether oxygens (including phenoxy) is 1. The van der Waals surface area contributed by atoms with Gasteiger partial charge in [-0.3, -0.25) is 9.59 Å². The maximum atomic E-state index is 13.2. The second kappa shape index (κ2) is 11.2. The molecule has 0 aliphatic carbocycles. The lowest BCUT2D eigenvalue weighted by molar-refractivity contribution is 0.0779. The Morgan fingerprint density at radius 2 is 1.86 bits per heavy atom. The summed E-state index contributed by atoms with van der Waals surface area (Å²) in [6.45, 7) is 4.09. The van der Waals surface area contributed by atoms with E-state index in [2.05, 4.69) is 34.9 Å². The first kappa shape index (κ1) is 25.0. The van der Waals surface area contributed by atoms with E-state index in [-0.39, 0.29) is 24.4 Å². The Kier molecular flexibility index (Phi) is 7.53. The predicted molar refractivity (Wildman–Crippen MR) is 142 cm³/mol. The molecule has 0 saturated carbocycles. The van der Waals surface area contributed by atoms with E-state index in [1.165, 1.54) is 16.7 Å². The van der Waals surface area contributed by atoms with Crippen molar-refractivity contribution in [2.75, 3.05) is 19.7 Å². The number of benzene rings is 3. The molecule has 37 heavy (non-hydrogen) atoms.